The van der Waals surface area contributed by atoms with Gasteiger partial charge < -0.3 is 200 Å². The molecular weight excluding hydrogens is 1330 g/mol. The Balaban J connectivity index is 1.20. The Kier molecular flexibility index (Phi) is 30.1. The summed E-state index contributed by atoms with van der Waals surface area (Å²) in [5.41, 5.74) is 0. The Hall–Kier alpha value is -3.07. The average molecular weight is 1420 g/mol. The van der Waals surface area contributed by atoms with Gasteiger partial charge in [0.25, 0.3) is 0 Å². The first kappa shape index (κ1) is 81.2. The van der Waals surface area contributed by atoms with Crippen molar-refractivity contribution in [1.29, 1.82) is 0 Å². The van der Waals surface area contributed by atoms with Crippen LogP contribution in [0.1, 0.15) is 27.7 Å². The van der Waals surface area contributed by atoms with Crippen LogP contribution in [0, 0.1) is 0 Å². The Bertz CT molecular complexity index is 2440. The van der Waals surface area contributed by atoms with Crippen molar-refractivity contribution in [3.63, 3.8) is 0 Å². The minimum Gasteiger partial charge on any atom is -0.394 e. The number of hydrogen-bond donors (Lipinski definition) is 26. The summed E-state index contributed by atoms with van der Waals surface area (Å²) in [5, 5.41) is 258. The molecule has 7 rings (SSSR count). The molecule has 0 radical (unpaired) electrons. The van der Waals surface area contributed by atoms with Crippen molar-refractivity contribution < 1.29 is 198 Å². The van der Waals surface area contributed by atoms with Crippen molar-refractivity contribution >= 4 is 17.7 Å². The zero-order valence-corrected chi connectivity index (χ0v) is 52.4. The average Bonchev–Trinajstić information content (AvgIpc) is 0.786. The maximum Gasteiger partial charge on any atom is 0.217 e. The molecule has 39 atom stereocenters. The summed E-state index contributed by atoms with van der Waals surface area (Å²) in [6, 6.07) is -5.56. The molecule has 7 heterocycles. The zero-order valence-electron chi connectivity index (χ0n) is 52.4. The predicted molar refractivity (Wildman–Crippen MR) is 300 cm³/mol. The molecule has 0 aliphatic carbocycles. The van der Waals surface area contributed by atoms with Gasteiger partial charge in [0.15, 0.2) is 44.0 Å². The summed E-state index contributed by atoms with van der Waals surface area (Å²) in [5.74, 6) is -2.71. The zero-order chi connectivity index (χ0) is 71.9. The fourth-order valence-electron chi connectivity index (χ4n) is 12.0. The smallest absolute Gasteiger partial charge is 0.217 e. The molecule has 26 N–H and O–H groups in total. The van der Waals surface area contributed by atoms with E-state index in [0.717, 1.165) is 20.8 Å². The molecule has 7 aliphatic heterocycles. The lowest BCUT2D eigenvalue weighted by atomic mass is 9.94. The Morgan fingerprint density at radius 2 is 0.784 bits per heavy atom. The molecule has 43 nitrogen and oxygen atoms in total. The highest BCUT2D eigenvalue weighted by Gasteiger charge is 2.59. The topological polar surface area (TPSA) is 682 Å². The third kappa shape index (κ3) is 18.7. The van der Waals surface area contributed by atoms with Crippen LogP contribution in [0.2, 0.25) is 0 Å². The summed E-state index contributed by atoms with van der Waals surface area (Å²) in [4.78, 5) is 37.9. The van der Waals surface area contributed by atoms with Crippen LogP contribution in [0.15, 0.2) is 0 Å². The second-order valence-electron chi connectivity index (χ2n) is 24.4. The number of carbonyl (C=O) groups excluding carboxylic acids is 3. The first-order valence-corrected chi connectivity index (χ1v) is 30.9. The summed E-state index contributed by atoms with van der Waals surface area (Å²) in [6.07, 6.45) is -72.6. The quantitative estimate of drug-likeness (QED) is 0.0346. The highest BCUT2D eigenvalue weighted by Crippen LogP contribution is 2.38. The third-order valence-electron chi connectivity index (χ3n) is 17.4. The summed E-state index contributed by atoms with van der Waals surface area (Å²) in [7, 11) is 0. The van der Waals surface area contributed by atoms with Gasteiger partial charge in [-0.05, 0) is 6.92 Å². The van der Waals surface area contributed by atoms with Crippen LogP contribution in [0.25, 0.3) is 0 Å². The standard InChI is InChI=1S/C54H93N3O40/c1-13-27(68)35(76)39(80)50(86-13)84-11-18(67)43(28(69)17(5-58)55-14(2)64)93-48-25(56-15(3)65)33(74)45(23(10-63)90-48)95-53-42(83)46(32(73)24(92-53)12-85-51-40(81)36(77)29(70)19(6-59)87-51)96-54-47(38(79)31(72)21(8-61)89-54)97-49-26(57-16(4)66)34(75)44(22(9-62)91-49)94-52-41(82)37(78)30(71)20(7-60)88-52/h13,17-54,58-63,67-83H,5-12H2,1-4H3,(H,55,64)(H,56,65)(H,57,66)/t13-,17-,18+,19+,20+,21+,22+,23+,24+,25+,26+,27+,28+,29+,30-,31+,32+,33+,34+,35+,36-,37-,38-,39-,40-,41+,42-,43+,44+,45+,46-,47-,48?,49?,50?,51?,52?,53?,54?/m0/s1. The van der Waals surface area contributed by atoms with Crippen LogP contribution in [0.3, 0.4) is 0 Å². The molecule has 97 heavy (non-hydrogen) atoms. The van der Waals surface area contributed by atoms with Crippen LogP contribution in [-0.2, 0) is 80.7 Å². The van der Waals surface area contributed by atoms with E-state index in [9.17, 15) is 132 Å². The molecule has 3 amide bonds. The number of amides is 3. The van der Waals surface area contributed by atoms with E-state index in [1.165, 1.54) is 6.92 Å². The van der Waals surface area contributed by atoms with Gasteiger partial charge in [-0.1, -0.05) is 0 Å². The van der Waals surface area contributed by atoms with Crippen molar-refractivity contribution in [3.05, 3.63) is 0 Å². The van der Waals surface area contributed by atoms with Crippen molar-refractivity contribution in [2.24, 2.45) is 0 Å². The molecule has 0 aromatic rings. The van der Waals surface area contributed by atoms with Crippen molar-refractivity contribution in [2.45, 2.75) is 267 Å². The number of nitrogens with one attached hydrogen (secondary N) is 3. The number of rotatable bonds is 28. The van der Waals surface area contributed by atoms with E-state index in [4.69, 9.17) is 66.3 Å². The molecular formula is C54H93N3O40. The number of carbonyl (C=O) groups is 3. The second-order valence-corrected chi connectivity index (χ2v) is 24.4. The molecule has 7 saturated heterocycles. The van der Waals surface area contributed by atoms with Gasteiger partial charge in [-0.25, -0.2) is 0 Å². The van der Waals surface area contributed by atoms with Crippen molar-refractivity contribution in [1.82, 2.24) is 16.0 Å². The molecule has 7 fully saturated rings. The maximum absolute atomic E-state index is 13.0. The van der Waals surface area contributed by atoms with E-state index in [-0.39, 0.29) is 0 Å². The Labute approximate surface area is 550 Å². The van der Waals surface area contributed by atoms with E-state index in [1.807, 2.05) is 0 Å². The highest BCUT2D eigenvalue weighted by atomic mass is 16.8. The maximum atomic E-state index is 13.0. The number of hydrogen-bond acceptors (Lipinski definition) is 40. The highest BCUT2D eigenvalue weighted by molar-refractivity contribution is 5.74. The van der Waals surface area contributed by atoms with Crippen LogP contribution in [-0.4, -0.2) is 427 Å². The number of aliphatic hydroxyl groups is 23. The molecule has 0 spiro atoms. The van der Waals surface area contributed by atoms with E-state index >= 15 is 0 Å². The van der Waals surface area contributed by atoms with Gasteiger partial charge in [0, 0.05) is 20.8 Å². The third-order valence-corrected chi connectivity index (χ3v) is 17.4. The van der Waals surface area contributed by atoms with Crippen LogP contribution in [0.4, 0.5) is 0 Å². The van der Waals surface area contributed by atoms with E-state index in [0.29, 0.717) is 0 Å². The molecule has 0 aromatic carbocycles. The summed E-state index contributed by atoms with van der Waals surface area (Å²) < 4.78 is 81.4. The van der Waals surface area contributed by atoms with Gasteiger partial charge in [0.2, 0.25) is 17.7 Å². The SMILES string of the molecule is CC(=O)N[C@@H](CO)[C@@H](O)[C@H](OC1O[C@H](CO)[C@@H](OC2O[C@H](COC3O[C@H](CO)[C@@H](O)[C@H](O)[C@@H]3O)[C@@H](O)[C@H](OC3O[C@H](CO)[C@@H](O)[C@H](O)[C@@H]3OC3O[C@H](CO)[C@@H](OC4O[C@H](CO)[C@H](O)[C@H](O)[C@H]4O)[C@H](O)[C@H]3NC(C)=O)[C@@H]2O)[C@H](O)[C@H]1NC(C)=O)[C@H](O)COC1O[C@@H](C)[C@@H](O)[C@@H](O)[C@@H]1O. The monoisotopic (exact) mass is 1420 g/mol. The van der Waals surface area contributed by atoms with Gasteiger partial charge in [-0.3, -0.25) is 14.4 Å². The number of aliphatic hydroxyl groups excluding tert-OH is 23. The summed E-state index contributed by atoms with van der Waals surface area (Å²) >= 11 is 0. The molecule has 0 aromatic heterocycles. The van der Waals surface area contributed by atoms with Crippen molar-refractivity contribution in [3.8, 4) is 0 Å². The lowest BCUT2D eigenvalue weighted by molar-refractivity contribution is -0.397. The van der Waals surface area contributed by atoms with Gasteiger partial charge in [-0.2, -0.15) is 0 Å². The molecule has 7 unspecified atom stereocenters. The minimum atomic E-state index is -2.49. The van der Waals surface area contributed by atoms with Crippen LogP contribution >= 0.6 is 0 Å². The fraction of sp³-hybridized carbons (Fsp3) is 0.944. The molecule has 564 valence electrons. The van der Waals surface area contributed by atoms with Gasteiger partial charge in [0.1, 0.15) is 183 Å². The lowest BCUT2D eigenvalue weighted by Gasteiger charge is -2.51. The first-order valence-electron chi connectivity index (χ1n) is 30.9. The van der Waals surface area contributed by atoms with Crippen LogP contribution < -0.4 is 16.0 Å². The minimum absolute atomic E-state index is 0.825. The van der Waals surface area contributed by atoms with Gasteiger partial charge in [0.05, 0.1) is 65.0 Å². The Morgan fingerprint density at radius 1 is 0.381 bits per heavy atom. The lowest BCUT2D eigenvalue weighted by Crippen LogP contribution is -2.70. The summed E-state index contributed by atoms with van der Waals surface area (Å²) in [6.45, 7) is -4.20. The normalized spacial score (nSPS) is 46.5. The van der Waals surface area contributed by atoms with Gasteiger partial charge in [-0.15, -0.1) is 0 Å². The largest absolute Gasteiger partial charge is 0.394 e. The first-order chi connectivity index (χ1) is 45.8. The molecule has 7 aliphatic rings. The molecule has 0 bridgehead atoms. The van der Waals surface area contributed by atoms with E-state index < -0.39 is 310 Å². The molecule has 0 saturated carbocycles. The van der Waals surface area contributed by atoms with Gasteiger partial charge >= 0.3 is 0 Å². The van der Waals surface area contributed by atoms with Crippen molar-refractivity contribution in [2.75, 3.05) is 52.9 Å². The number of ether oxygens (including phenoxy) is 14. The van der Waals surface area contributed by atoms with Crippen LogP contribution in [0.5, 0.6) is 0 Å². The second kappa shape index (κ2) is 35.9. The van der Waals surface area contributed by atoms with E-state index in [1.54, 1.807) is 0 Å². The predicted octanol–water partition coefficient (Wildman–Crippen LogP) is -17.4. The molecule has 43 heteroatoms. The Morgan fingerprint density at radius 3 is 1.28 bits per heavy atom. The van der Waals surface area contributed by atoms with E-state index in [2.05, 4.69) is 16.0 Å². The fourth-order valence-corrected chi connectivity index (χ4v) is 12.0.